The van der Waals surface area contributed by atoms with Gasteiger partial charge >= 0.3 is 0 Å². The van der Waals surface area contributed by atoms with Crippen LogP contribution in [0, 0.1) is 24.2 Å². The Kier molecular flexibility index (Phi) is 4.58. The zero-order valence-corrected chi connectivity index (χ0v) is 13.6. The van der Waals surface area contributed by atoms with E-state index in [1.54, 1.807) is 35.6 Å². The minimum atomic E-state index is -0.192. The third-order valence-electron chi connectivity index (χ3n) is 3.68. The number of carbonyl (C=O) groups excluding carboxylic acids is 1. The molecule has 0 bridgehead atoms. The smallest absolute Gasteiger partial charge is 0.258 e. The molecule has 23 heavy (non-hydrogen) atoms. The van der Waals surface area contributed by atoms with Crippen LogP contribution in [0.4, 0.5) is 0 Å². The van der Waals surface area contributed by atoms with Crippen molar-refractivity contribution in [1.82, 2.24) is 10.3 Å². The van der Waals surface area contributed by atoms with Crippen LogP contribution in [0.3, 0.4) is 0 Å². The van der Waals surface area contributed by atoms with Gasteiger partial charge in [-0.1, -0.05) is 12.1 Å². The first kappa shape index (κ1) is 15.5. The first-order valence-corrected chi connectivity index (χ1v) is 8.38. The first-order valence-electron chi connectivity index (χ1n) is 7.50. The van der Waals surface area contributed by atoms with Crippen LogP contribution < -0.4 is 10.1 Å². The van der Waals surface area contributed by atoms with E-state index in [1.165, 1.54) is 0 Å². The van der Waals surface area contributed by atoms with Crippen molar-refractivity contribution in [3.8, 4) is 11.8 Å². The summed E-state index contributed by atoms with van der Waals surface area (Å²) in [6.45, 7) is 1.85. The van der Waals surface area contributed by atoms with Crippen LogP contribution in [-0.4, -0.2) is 17.5 Å². The van der Waals surface area contributed by atoms with Gasteiger partial charge in [-0.2, -0.15) is 5.26 Å². The van der Waals surface area contributed by atoms with Crippen LogP contribution >= 0.6 is 11.3 Å². The van der Waals surface area contributed by atoms with E-state index in [0.29, 0.717) is 17.2 Å². The predicted octanol–water partition coefficient (Wildman–Crippen LogP) is 2.97. The van der Waals surface area contributed by atoms with Gasteiger partial charge < -0.3 is 10.1 Å². The highest BCUT2D eigenvalue weighted by molar-refractivity contribution is 7.09. The Morgan fingerprint density at radius 1 is 1.52 bits per heavy atom. The van der Waals surface area contributed by atoms with Gasteiger partial charge in [0, 0.05) is 11.1 Å². The van der Waals surface area contributed by atoms with Crippen LogP contribution in [0.2, 0.25) is 0 Å². The number of carbonyl (C=O) groups is 1. The fraction of sp³-hybridized carbons (Fsp3) is 0.353. The zero-order chi connectivity index (χ0) is 16.2. The maximum Gasteiger partial charge on any atom is 0.258 e. The highest BCUT2D eigenvalue weighted by atomic mass is 32.1. The van der Waals surface area contributed by atoms with E-state index >= 15 is 0 Å². The lowest BCUT2D eigenvalue weighted by molar-refractivity contribution is -0.124. The lowest BCUT2D eigenvalue weighted by Gasteiger charge is -2.16. The number of aromatic nitrogens is 1. The molecule has 0 aliphatic heterocycles. The summed E-state index contributed by atoms with van der Waals surface area (Å²) in [5.74, 6) is 0.705. The van der Waals surface area contributed by atoms with Crippen LogP contribution in [0.5, 0.6) is 5.75 Å². The molecule has 1 fully saturated rings. The van der Waals surface area contributed by atoms with Crippen LogP contribution in [0.15, 0.2) is 29.6 Å². The minimum absolute atomic E-state index is 0.0315. The molecule has 1 amide bonds. The third-order valence-corrected chi connectivity index (χ3v) is 4.72. The molecule has 1 atom stereocenters. The van der Waals surface area contributed by atoms with Gasteiger partial charge in [0.2, 0.25) is 0 Å². The molecule has 1 N–H and O–H groups in total. The molecule has 1 aromatic heterocycles. The van der Waals surface area contributed by atoms with Crippen LogP contribution in [-0.2, 0) is 4.79 Å². The standard InChI is InChI=1S/C17H17N3O2S/c1-11-10-23-17(19-11)16(12-6-7-12)20-15(21)9-22-14-5-3-2-4-13(14)8-18/h2-5,10,12,16H,6-7,9H2,1H3,(H,20,21). The number of para-hydroxylation sites is 1. The molecule has 1 aliphatic carbocycles. The number of hydrogen-bond acceptors (Lipinski definition) is 5. The van der Waals surface area contributed by atoms with Crippen LogP contribution in [0.25, 0.3) is 0 Å². The fourth-order valence-electron chi connectivity index (χ4n) is 2.37. The summed E-state index contributed by atoms with van der Waals surface area (Å²) in [5, 5.41) is 15.0. The van der Waals surface area contributed by atoms with Crippen molar-refractivity contribution in [3.63, 3.8) is 0 Å². The molecule has 6 heteroatoms. The topological polar surface area (TPSA) is 75.0 Å². The van der Waals surface area contributed by atoms with E-state index < -0.39 is 0 Å². The molecule has 5 nitrogen and oxygen atoms in total. The maximum absolute atomic E-state index is 12.2. The summed E-state index contributed by atoms with van der Waals surface area (Å²) in [6.07, 6.45) is 2.23. The van der Waals surface area contributed by atoms with Crippen molar-refractivity contribution in [2.45, 2.75) is 25.8 Å². The summed E-state index contributed by atoms with van der Waals surface area (Å²) in [4.78, 5) is 16.7. The quantitative estimate of drug-likeness (QED) is 0.885. The lowest BCUT2D eigenvalue weighted by Crippen LogP contribution is -2.33. The molecule has 1 aromatic carbocycles. The number of nitriles is 1. The Balaban J connectivity index is 1.61. The van der Waals surface area contributed by atoms with Crippen molar-refractivity contribution >= 4 is 17.2 Å². The zero-order valence-electron chi connectivity index (χ0n) is 12.8. The number of benzene rings is 1. The minimum Gasteiger partial charge on any atom is -0.482 e. The Hall–Kier alpha value is -2.39. The van der Waals surface area contributed by atoms with Crippen molar-refractivity contribution < 1.29 is 9.53 Å². The molecule has 3 rings (SSSR count). The predicted molar refractivity (Wildman–Crippen MR) is 87.1 cm³/mol. The number of aryl methyl sites for hydroxylation is 1. The van der Waals surface area contributed by atoms with E-state index in [9.17, 15) is 4.79 Å². The molecule has 118 valence electrons. The van der Waals surface area contributed by atoms with E-state index in [0.717, 1.165) is 23.5 Å². The molecule has 1 unspecified atom stereocenters. The third kappa shape index (κ3) is 3.88. The Bertz CT molecular complexity index is 746. The van der Waals surface area contributed by atoms with Gasteiger partial charge in [0.25, 0.3) is 5.91 Å². The largest absolute Gasteiger partial charge is 0.482 e. The average Bonchev–Trinajstić information content (AvgIpc) is 3.32. The number of rotatable bonds is 6. The monoisotopic (exact) mass is 327 g/mol. The fourth-order valence-corrected chi connectivity index (χ4v) is 3.31. The average molecular weight is 327 g/mol. The summed E-state index contributed by atoms with van der Waals surface area (Å²) in [5.41, 5.74) is 1.40. The maximum atomic E-state index is 12.2. The Morgan fingerprint density at radius 2 is 2.30 bits per heavy atom. The highest BCUT2D eigenvalue weighted by Crippen LogP contribution is 2.41. The Morgan fingerprint density at radius 3 is 2.96 bits per heavy atom. The van der Waals surface area contributed by atoms with E-state index in [4.69, 9.17) is 10.00 Å². The molecule has 0 radical (unpaired) electrons. The molecular formula is C17H17N3O2S. The lowest BCUT2D eigenvalue weighted by atomic mass is 10.2. The second-order valence-corrected chi connectivity index (χ2v) is 6.50. The number of amides is 1. The summed E-state index contributed by atoms with van der Waals surface area (Å²) < 4.78 is 5.48. The van der Waals surface area contributed by atoms with E-state index in [1.807, 2.05) is 12.3 Å². The number of nitrogens with zero attached hydrogens (tertiary/aromatic N) is 2. The van der Waals surface area contributed by atoms with Gasteiger partial charge in [-0.15, -0.1) is 11.3 Å². The van der Waals surface area contributed by atoms with Crippen molar-refractivity contribution in [2.24, 2.45) is 5.92 Å². The first-order chi connectivity index (χ1) is 11.2. The molecule has 1 heterocycles. The van der Waals surface area contributed by atoms with Gasteiger partial charge in [-0.25, -0.2) is 4.98 Å². The molecule has 1 aliphatic rings. The summed E-state index contributed by atoms with van der Waals surface area (Å²) >= 11 is 1.58. The van der Waals surface area contributed by atoms with Gasteiger partial charge in [0.15, 0.2) is 6.61 Å². The summed E-state index contributed by atoms with van der Waals surface area (Å²) in [7, 11) is 0. The van der Waals surface area contributed by atoms with Gasteiger partial charge in [0.05, 0.1) is 11.6 Å². The van der Waals surface area contributed by atoms with Crippen molar-refractivity contribution in [1.29, 1.82) is 5.26 Å². The van der Waals surface area contributed by atoms with Crippen LogP contribution in [0.1, 0.15) is 35.1 Å². The van der Waals surface area contributed by atoms with Crippen molar-refractivity contribution in [2.75, 3.05) is 6.61 Å². The normalized spacial score (nSPS) is 14.8. The SMILES string of the molecule is Cc1csc(C(NC(=O)COc2ccccc2C#N)C2CC2)n1. The second-order valence-electron chi connectivity index (χ2n) is 5.61. The van der Waals surface area contributed by atoms with Gasteiger partial charge in [-0.05, 0) is 37.8 Å². The molecule has 2 aromatic rings. The number of hydrogen-bond donors (Lipinski definition) is 1. The Labute approximate surface area is 138 Å². The number of nitrogens with one attached hydrogen (secondary N) is 1. The molecule has 0 saturated heterocycles. The van der Waals surface area contributed by atoms with Crippen molar-refractivity contribution in [3.05, 3.63) is 45.9 Å². The highest BCUT2D eigenvalue weighted by Gasteiger charge is 2.35. The van der Waals surface area contributed by atoms with E-state index in [-0.39, 0.29) is 18.6 Å². The number of ether oxygens (including phenoxy) is 1. The van der Waals surface area contributed by atoms with E-state index in [2.05, 4.69) is 16.4 Å². The molecule has 1 saturated carbocycles. The second kappa shape index (κ2) is 6.80. The molecular weight excluding hydrogens is 310 g/mol. The van der Waals surface area contributed by atoms with Gasteiger partial charge in [-0.3, -0.25) is 4.79 Å². The number of thiazole rings is 1. The molecule has 0 spiro atoms. The van der Waals surface area contributed by atoms with Gasteiger partial charge in [0.1, 0.15) is 16.8 Å². The summed E-state index contributed by atoms with van der Waals surface area (Å²) in [6, 6.07) is 8.92.